The number of fused-ring (bicyclic) bond motifs is 1. The van der Waals surface area contributed by atoms with Crippen LogP contribution >= 0.6 is 0 Å². The van der Waals surface area contributed by atoms with E-state index in [1.165, 1.54) is 0 Å². The molecule has 3 rings (SSSR count). The zero-order valence-corrected chi connectivity index (χ0v) is 11.6. The Kier molecular flexibility index (Phi) is 3.92. The number of rotatable bonds is 4. The van der Waals surface area contributed by atoms with Crippen LogP contribution in [0.15, 0.2) is 66.7 Å². The minimum Gasteiger partial charge on any atom is -0.352 e. The lowest BCUT2D eigenvalue weighted by molar-refractivity contribution is -0.120. The summed E-state index contributed by atoms with van der Waals surface area (Å²) in [5.74, 6) is -0.0124. The summed E-state index contributed by atoms with van der Waals surface area (Å²) in [6, 6.07) is 21.7. The van der Waals surface area contributed by atoms with Gasteiger partial charge < -0.3 is 5.32 Å². The van der Waals surface area contributed by atoms with E-state index in [0.29, 0.717) is 13.0 Å². The minimum absolute atomic E-state index is 0.0124. The Morgan fingerprint density at radius 1 is 0.905 bits per heavy atom. The van der Waals surface area contributed by atoms with Gasteiger partial charge in [-0.05, 0) is 17.7 Å². The molecule has 0 saturated carbocycles. The van der Waals surface area contributed by atoms with Crippen molar-refractivity contribution in [3.63, 3.8) is 0 Å². The summed E-state index contributed by atoms with van der Waals surface area (Å²) in [6.07, 6.45) is 0.303. The van der Waals surface area contributed by atoms with Crippen molar-refractivity contribution < 1.29 is 4.79 Å². The molecule has 1 aromatic heterocycles. The SMILES string of the molecule is O=C(Cc1ccc2ccccc2n1)NCc1ccccc1. The van der Waals surface area contributed by atoms with Gasteiger partial charge in [-0.15, -0.1) is 0 Å². The van der Waals surface area contributed by atoms with Gasteiger partial charge in [0.1, 0.15) is 0 Å². The summed E-state index contributed by atoms with van der Waals surface area (Å²) in [7, 11) is 0. The molecule has 0 saturated heterocycles. The maximum atomic E-state index is 12.0. The monoisotopic (exact) mass is 276 g/mol. The number of hydrogen-bond acceptors (Lipinski definition) is 2. The van der Waals surface area contributed by atoms with Crippen LogP contribution in [-0.4, -0.2) is 10.9 Å². The first-order valence-electron chi connectivity index (χ1n) is 6.96. The van der Waals surface area contributed by atoms with Gasteiger partial charge in [0, 0.05) is 11.9 Å². The number of aromatic nitrogens is 1. The van der Waals surface area contributed by atoms with E-state index in [1.807, 2.05) is 66.7 Å². The molecule has 3 aromatic rings. The van der Waals surface area contributed by atoms with Gasteiger partial charge in [0.2, 0.25) is 5.91 Å². The topological polar surface area (TPSA) is 42.0 Å². The molecule has 104 valence electrons. The van der Waals surface area contributed by atoms with E-state index in [1.54, 1.807) is 0 Å². The van der Waals surface area contributed by atoms with Gasteiger partial charge in [-0.3, -0.25) is 9.78 Å². The third kappa shape index (κ3) is 3.45. The smallest absolute Gasteiger partial charge is 0.226 e. The maximum Gasteiger partial charge on any atom is 0.226 e. The number of carbonyl (C=O) groups is 1. The second-order valence-corrected chi connectivity index (χ2v) is 4.93. The van der Waals surface area contributed by atoms with E-state index in [0.717, 1.165) is 22.2 Å². The number of benzene rings is 2. The highest BCUT2D eigenvalue weighted by Gasteiger charge is 2.05. The van der Waals surface area contributed by atoms with E-state index < -0.39 is 0 Å². The molecule has 2 aromatic carbocycles. The van der Waals surface area contributed by atoms with Gasteiger partial charge in [0.15, 0.2) is 0 Å². The molecule has 0 fully saturated rings. The van der Waals surface area contributed by atoms with Crippen molar-refractivity contribution in [1.29, 1.82) is 0 Å². The molecule has 3 nitrogen and oxygen atoms in total. The lowest BCUT2D eigenvalue weighted by Gasteiger charge is -2.06. The molecule has 0 radical (unpaired) electrons. The van der Waals surface area contributed by atoms with Crippen molar-refractivity contribution >= 4 is 16.8 Å². The Bertz CT molecular complexity index is 753. The molecular formula is C18H16N2O. The Morgan fingerprint density at radius 3 is 2.52 bits per heavy atom. The van der Waals surface area contributed by atoms with Crippen molar-refractivity contribution in [3.8, 4) is 0 Å². The molecule has 1 amide bonds. The molecule has 0 spiro atoms. The van der Waals surface area contributed by atoms with Crippen LogP contribution in [0, 0.1) is 0 Å². The number of hydrogen-bond donors (Lipinski definition) is 1. The van der Waals surface area contributed by atoms with Gasteiger partial charge in [-0.25, -0.2) is 0 Å². The molecule has 21 heavy (non-hydrogen) atoms. The summed E-state index contributed by atoms with van der Waals surface area (Å²) >= 11 is 0. The zero-order chi connectivity index (χ0) is 14.5. The van der Waals surface area contributed by atoms with Crippen LogP contribution in [0.5, 0.6) is 0 Å². The van der Waals surface area contributed by atoms with E-state index in [9.17, 15) is 4.79 Å². The highest BCUT2D eigenvalue weighted by molar-refractivity contribution is 5.81. The third-order valence-corrected chi connectivity index (χ3v) is 3.33. The normalized spacial score (nSPS) is 10.5. The first-order chi connectivity index (χ1) is 10.3. The van der Waals surface area contributed by atoms with E-state index >= 15 is 0 Å². The van der Waals surface area contributed by atoms with E-state index in [-0.39, 0.29) is 5.91 Å². The molecule has 0 aliphatic rings. The van der Waals surface area contributed by atoms with Crippen molar-refractivity contribution in [2.45, 2.75) is 13.0 Å². The third-order valence-electron chi connectivity index (χ3n) is 3.33. The fourth-order valence-corrected chi connectivity index (χ4v) is 2.23. The second kappa shape index (κ2) is 6.18. The first-order valence-corrected chi connectivity index (χ1v) is 6.96. The number of pyridine rings is 1. The van der Waals surface area contributed by atoms with Gasteiger partial charge in [0.05, 0.1) is 17.6 Å². The maximum absolute atomic E-state index is 12.0. The molecule has 0 unspecified atom stereocenters. The van der Waals surface area contributed by atoms with Crippen LogP contribution in [0.1, 0.15) is 11.3 Å². The summed E-state index contributed by atoms with van der Waals surface area (Å²) < 4.78 is 0. The lowest BCUT2D eigenvalue weighted by atomic mass is 10.1. The Labute approximate surface area is 123 Å². The fraction of sp³-hybridized carbons (Fsp3) is 0.111. The highest BCUT2D eigenvalue weighted by atomic mass is 16.1. The summed E-state index contributed by atoms with van der Waals surface area (Å²) in [4.78, 5) is 16.5. The lowest BCUT2D eigenvalue weighted by Crippen LogP contribution is -2.24. The minimum atomic E-state index is -0.0124. The number of nitrogens with one attached hydrogen (secondary N) is 1. The van der Waals surface area contributed by atoms with Crippen LogP contribution in [-0.2, 0) is 17.8 Å². The van der Waals surface area contributed by atoms with Crippen LogP contribution in [0.2, 0.25) is 0 Å². The largest absolute Gasteiger partial charge is 0.352 e. The number of nitrogens with zero attached hydrogens (tertiary/aromatic N) is 1. The summed E-state index contributed by atoms with van der Waals surface area (Å²) in [5.41, 5.74) is 2.81. The van der Waals surface area contributed by atoms with Gasteiger partial charge >= 0.3 is 0 Å². The average Bonchev–Trinajstić information content (AvgIpc) is 2.54. The quantitative estimate of drug-likeness (QED) is 0.795. The zero-order valence-electron chi connectivity index (χ0n) is 11.6. The van der Waals surface area contributed by atoms with Crippen molar-refractivity contribution in [1.82, 2.24) is 10.3 Å². The Hall–Kier alpha value is -2.68. The molecule has 3 heteroatoms. The van der Waals surface area contributed by atoms with Crippen molar-refractivity contribution in [2.75, 3.05) is 0 Å². The van der Waals surface area contributed by atoms with Crippen molar-refractivity contribution in [2.24, 2.45) is 0 Å². The molecule has 0 aliphatic carbocycles. The van der Waals surface area contributed by atoms with Gasteiger partial charge in [-0.1, -0.05) is 54.6 Å². The van der Waals surface area contributed by atoms with Crippen LogP contribution < -0.4 is 5.32 Å². The molecular weight excluding hydrogens is 260 g/mol. The fourth-order valence-electron chi connectivity index (χ4n) is 2.23. The van der Waals surface area contributed by atoms with Crippen LogP contribution in [0.25, 0.3) is 10.9 Å². The number of para-hydroxylation sites is 1. The Balaban J connectivity index is 1.63. The molecule has 0 bridgehead atoms. The molecule has 1 heterocycles. The predicted molar refractivity (Wildman–Crippen MR) is 83.7 cm³/mol. The summed E-state index contributed by atoms with van der Waals surface area (Å²) in [5, 5.41) is 4.01. The van der Waals surface area contributed by atoms with E-state index in [4.69, 9.17) is 0 Å². The van der Waals surface area contributed by atoms with Crippen LogP contribution in [0.3, 0.4) is 0 Å². The predicted octanol–water partition coefficient (Wildman–Crippen LogP) is 3.09. The van der Waals surface area contributed by atoms with Crippen LogP contribution in [0.4, 0.5) is 0 Å². The Morgan fingerprint density at radius 2 is 1.67 bits per heavy atom. The van der Waals surface area contributed by atoms with E-state index in [2.05, 4.69) is 10.3 Å². The molecule has 0 atom stereocenters. The molecule has 0 aliphatic heterocycles. The van der Waals surface area contributed by atoms with Gasteiger partial charge in [-0.2, -0.15) is 0 Å². The van der Waals surface area contributed by atoms with Gasteiger partial charge in [0.25, 0.3) is 0 Å². The highest BCUT2D eigenvalue weighted by Crippen LogP contribution is 2.12. The summed E-state index contributed by atoms with van der Waals surface area (Å²) in [6.45, 7) is 0.549. The standard InChI is InChI=1S/C18H16N2O/c21-18(19-13-14-6-2-1-3-7-14)12-16-11-10-15-8-4-5-9-17(15)20-16/h1-11H,12-13H2,(H,19,21). The number of amides is 1. The number of carbonyl (C=O) groups excluding carboxylic acids is 1. The average molecular weight is 276 g/mol. The molecule has 1 N–H and O–H groups in total. The first kappa shape index (κ1) is 13.3. The van der Waals surface area contributed by atoms with Crippen molar-refractivity contribution in [3.05, 3.63) is 78.0 Å². The second-order valence-electron chi connectivity index (χ2n) is 4.93.